The predicted octanol–water partition coefficient (Wildman–Crippen LogP) is 7.02. The van der Waals surface area contributed by atoms with Crippen molar-refractivity contribution in [2.24, 2.45) is 0 Å². The molecule has 0 aliphatic heterocycles. The molecule has 2 amide bonds. The lowest BCUT2D eigenvalue weighted by Crippen LogP contribution is -2.54. The minimum Gasteiger partial charge on any atom is -0.497 e. The van der Waals surface area contributed by atoms with E-state index in [1.54, 1.807) is 36.4 Å². The maximum atomic E-state index is 14.5. The second-order valence-corrected chi connectivity index (χ2v) is 13.9. The van der Waals surface area contributed by atoms with Gasteiger partial charge in [0.2, 0.25) is 11.8 Å². The van der Waals surface area contributed by atoms with Crippen molar-refractivity contribution in [3.8, 4) is 5.75 Å². The van der Waals surface area contributed by atoms with Gasteiger partial charge in [-0.3, -0.25) is 13.9 Å². The number of ether oxygens (including phenoxy) is 1. The number of hydrogen-bond acceptors (Lipinski definition) is 5. The van der Waals surface area contributed by atoms with E-state index < -0.39 is 34.4 Å². The second kappa shape index (κ2) is 15.7. The minimum atomic E-state index is -4.31. The van der Waals surface area contributed by atoms with E-state index in [1.165, 1.54) is 42.3 Å². The van der Waals surface area contributed by atoms with E-state index in [9.17, 15) is 18.0 Å². The van der Waals surface area contributed by atoms with Crippen LogP contribution in [0.2, 0.25) is 15.1 Å². The fourth-order valence-corrected chi connectivity index (χ4v) is 6.86. The lowest BCUT2D eigenvalue weighted by atomic mass is 10.0. The molecule has 0 heterocycles. The molecule has 0 saturated carbocycles. The smallest absolute Gasteiger partial charge is 0.264 e. The van der Waals surface area contributed by atoms with Crippen LogP contribution >= 0.6 is 34.8 Å². The summed E-state index contributed by atoms with van der Waals surface area (Å²) in [5.74, 6) is -0.567. The second-order valence-electron chi connectivity index (χ2n) is 10.8. The molecule has 0 aliphatic carbocycles. The van der Waals surface area contributed by atoms with Crippen LogP contribution in [0.5, 0.6) is 5.75 Å². The zero-order valence-corrected chi connectivity index (χ0v) is 28.6. The molecule has 0 bridgehead atoms. The van der Waals surface area contributed by atoms with Gasteiger partial charge in [-0.05, 0) is 79.6 Å². The van der Waals surface area contributed by atoms with Crippen LogP contribution in [-0.2, 0) is 32.6 Å². The van der Waals surface area contributed by atoms with Crippen molar-refractivity contribution in [3.63, 3.8) is 0 Å². The summed E-state index contributed by atoms with van der Waals surface area (Å²) in [4.78, 5) is 29.6. The third-order valence-electron chi connectivity index (χ3n) is 7.08. The van der Waals surface area contributed by atoms with E-state index in [2.05, 4.69) is 5.32 Å². The molecule has 0 saturated heterocycles. The number of methoxy groups -OCH3 is 1. The predicted molar refractivity (Wildman–Crippen MR) is 183 cm³/mol. The Morgan fingerprint density at radius 3 is 2.13 bits per heavy atom. The highest BCUT2D eigenvalue weighted by atomic mass is 35.5. The summed E-state index contributed by atoms with van der Waals surface area (Å²) in [5, 5.41) is 3.90. The number of halogens is 3. The molecule has 242 valence electrons. The standard InChI is InChI=1S/C34H34Cl3N3O5S/c1-23(2)38-34(42)32(18-24-8-5-4-6-9-24)39(21-25-12-13-27(36)20-31(25)37)33(41)22-40(28-11-7-10-26(35)19-28)46(43,44)30-16-14-29(45-3)15-17-30/h4-17,19-20,23,32H,18,21-22H2,1-3H3,(H,38,42)/t32-/m1/s1. The molecule has 0 radical (unpaired) electrons. The third-order valence-corrected chi connectivity index (χ3v) is 9.69. The number of carbonyl (C=O) groups is 2. The van der Waals surface area contributed by atoms with Gasteiger partial charge in [0, 0.05) is 34.1 Å². The summed E-state index contributed by atoms with van der Waals surface area (Å²) in [6.45, 7) is 2.91. The molecule has 0 aromatic heterocycles. The van der Waals surface area contributed by atoms with Crippen LogP contribution in [0.1, 0.15) is 25.0 Å². The first-order chi connectivity index (χ1) is 21.9. The topological polar surface area (TPSA) is 96.0 Å². The molecule has 12 heteroatoms. The Balaban J connectivity index is 1.82. The number of amides is 2. The van der Waals surface area contributed by atoms with Gasteiger partial charge < -0.3 is 15.0 Å². The molecule has 46 heavy (non-hydrogen) atoms. The van der Waals surface area contributed by atoms with Crippen LogP contribution in [0.15, 0.2) is 102 Å². The summed E-state index contributed by atoms with van der Waals surface area (Å²) in [6, 6.07) is 24.9. The number of sulfonamides is 1. The first kappa shape index (κ1) is 35.1. The van der Waals surface area contributed by atoms with Gasteiger partial charge in [0.25, 0.3) is 10.0 Å². The molecule has 1 atom stereocenters. The zero-order chi connectivity index (χ0) is 33.4. The summed E-state index contributed by atoms with van der Waals surface area (Å²) < 4.78 is 34.5. The number of nitrogens with one attached hydrogen (secondary N) is 1. The Morgan fingerprint density at radius 2 is 1.52 bits per heavy atom. The summed E-state index contributed by atoms with van der Waals surface area (Å²) >= 11 is 19.0. The lowest BCUT2D eigenvalue weighted by Gasteiger charge is -2.34. The van der Waals surface area contributed by atoms with E-state index in [-0.39, 0.29) is 34.6 Å². The average molecular weight is 703 g/mol. The van der Waals surface area contributed by atoms with E-state index in [0.29, 0.717) is 21.4 Å². The Bertz CT molecular complexity index is 1770. The third kappa shape index (κ3) is 8.94. The molecule has 0 aliphatic rings. The van der Waals surface area contributed by atoms with Crippen molar-refractivity contribution in [2.45, 2.75) is 43.8 Å². The molecule has 1 N–H and O–H groups in total. The quantitative estimate of drug-likeness (QED) is 0.162. The average Bonchev–Trinajstić information content (AvgIpc) is 3.02. The highest BCUT2D eigenvalue weighted by Gasteiger charge is 2.35. The van der Waals surface area contributed by atoms with Gasteiger partial charge in [-0.1, -0.05) is 77.3 Å². The molecule has 8 nitrogen and oxygen atoms in total. The van der Waals surface area contributed by atoms with Crippen molar-refractivity contribution < 1.29 is 22.7 Å². The lowest BCUT2D eigenvalue weighted by molar-refractivity contribution is -0.140. The van der Waals surface area contributed by atoms with Crippen LogP contribution in [0, 0.1) is 0 Å². The van der Waals surface area contributed by atoms with E-state index in [4.69, 9.17) is 39.5 Å². The fraction of sp³-hybridized carbons (Fsp3) is 0.235. The summed E-state index contributed by atoms with van der Waals surface area (Å²) in [6.07, 6.45) is 0.165. The van der Waals surface area contributed by atoms with Crippen LogP contribution < -0.4 is 14.4 Å². The maximum Gasteiger partial charge on any atom is 0.264 e. The van der Waals surface area contributed by atoms with Gasteiger partial charge in [-0.15, -0.1) is 0 Å². The van der Waals surface area contributed by atoms with Gasteiger partial charge in [0.05, 0.1) is 17.7 Å². The number of carbonyl (C=O) groups excluding carboxylic acids is 2. The van der Waals surface area contributed by atoms with E-state index >= 15 is 0 Å². The zero-order valence-electron chi connectivity index (χ0n) is 25.5. The van der Waals surface area contributed by atoms with Crippen molar-refractivity contribution in [1.29, 1.82) is 0 Å². The molecule has 4 rings (SSSR count). The summed E-state index contributed by atoms with van der Waals surface area (Å²) in [7, 11) is -2.83. The number of hydrogen-bond donors (Lipinski definition) is 1. The molecule has 0 unspecified atom stereocenters. The van der Waals surface area contributed by atoms with Gasteiger partial charge in [0.1, 0.15) is 18.3 Å². The highest BCUT2D eigenvalue weighted by molar-refractivity contribution is 7.92. The minimum absolute atomic E-state index is 0.0632. The van der Waals surface area contributed by atoms with Crippen LogP contribution in [0.25, 0.3) is 0 Å². The molecule has 4 aromatic carbocycles. The largest absolute Gasteiger partial charge is 0.497 e. The van der Waals surface area contributed by atoms with Crippen molar-refractivity contribution in [3.05, 3.63) is 123 Å². The summed E-state index contributed by atoms with van der Waals surface area (Å²) in [5.41, 5.74) is 1.51. The Labute approximate surface area is 284 Å². The van der Waals surface area contributed by atoms with Gasteiger partial charge >= 0.3 is 0 Å². The van der Waals surface area contributed by atoms with Crippen LogP contribution in [0.3, 0.4) is 0 Å². The highest BCUT2D eigenvalue weighted by Crippen LogP contribution is 2.29. The van der Waals surface area contributed by atoms with Gasteiger partial charge in [-0.25, -0.2) is 8.42 Å². The molecular weight excluding hydrogens is 669 g/mol. The number of rotatable bonds is 13. The number of nitrogens with zero attached hydrogens (tertiary/aromatic N) is 2. The Morgan fingerprint density at radius 1 is 0.848 bits per heavy atom. The molecule has 0 spiro atoms. The van der Waals surface area contributed by atoms with Gasteiger partial charge in [0.15, 0.2) is 0 Å². The first-order valence-electron chi connectivity index (χ1n) is 14.4. The molecule has 4 aromatic rings. The van der Waals surface area contributed by atoms with Crippen LogP contribution in [0.4, 0.5) is 5.69 Å². The number of anilines is 1. The Hall–Kier alpha value is -3.76. The van der Waals surface area contributed by atoms with E-state index in [1.807, 2.05) is 44.2 Å². The van der Waals surface area contributed by atoms with Gasteiger partial charge in [-0.2, -0.15) is 0 Å². The van der Waals surface area contributed by atoms with Crippen LogP contribution in [-0.4, -0.2) is 50.9 Å². The van der Waals surface area contributed by atoms with E-state index in [0.717, 1.165) is 9.87 Å². The monoisotopic (exact) mass is 701 g/mol. The normalized spacial score (nSPS) is 12.0. The first-order valence-corrected chi connectivity index (χ1v) is 17.0. The van der Waals surface area contributed by atoms with Crippen molar-refractivity contribution in [2.75, 3.05) is 18.0 Å². The Kier molecular flexibility index (Phi) is 12.0. The maximum absolute atomic E-state index is 14.5. The van der Waals surface area contributed by atoms with Crippen molar-refractivity contribution in [1.82, 2.24) is 10.2 Å². The SMILES string of the molecule is COc1ccc(S(=O)(=O)N(CC(=O)N(Cc2ccc(Cl)cc2Cl)[C@H](Cc2ccccc2)C(=O)NC(C)C)c2cccc(Cl)c2)cc1. The molecular formula is C34H34Cl3N3O5S. The van der Waals surface area contributed by atoms with Crippen molar-refractivity contribution >= 4 is 62.3 Å². The fourth-order valence-electron chi connectivity index (χ4n) is 4.80. The number of benzene rings is 4. The molecule has 0 fully saturated rings.